The van der Waals surface area contributed by atoms with E-state index in [0.717, 1.165) is 22.7 Å². The van der Waals surface area contributed by atoms with Crippen LogP contribution in [0.4, 0.5) is 0 Å². The highest BCUT2D eigenvalue weighted by atomic mass is 32.2. The van der Waals surface area contributed by atoms with Crippen molar-refractivity contribution in [1.82, 2.24) is 0 Å². The number of allylic oxidation sites excluding steroid dienone is 2. The molecule has 0 radical (unpaired) electrons. The molecule has 1 heterocycles. The highest BCUT2D eigenvalue weighted by Crippen LogP contribution is 2.31. The summed E-state index contributed by atoms with van der Waals surface area (Å²) in [4.78, 5) is 1.29. The highest BCUT2D eigenvalue weighted by molar-refractivity contribution is 7.99. The molecule has 3 aromatic rings. The van der Waals surface area contributed by atoms with Crippen molar-refractivity contribution in [3.8, 4) is 11.3 Å². The molecule has 1 aromatic heterocycles. The van der Waals surface area contributed by atoms with Gasteiger partial charge in [0.2, 0.25) is 0 Å². The lowest BCUT2D eigenvalue weighted by atomic mass is 10.0. The number of hydrogen-bond donors (Lipinski definition) is 0. The summed E-state index contributed by atoms with van der Waals surface area (Å²) in [6, 6.07) is 17.6. The molecule has 0 aliphatic rings. The number of thioether (sulfide) groups is 1. The second-order valence-corrected chi connectivity index (χ2v) is 8.88. The maximum absolute atomic E-state index is 6.18. The third kappa shape index (κ3) is 6.82. The highest BCUT2D eigenvalue weighted by Gasteiger charge is 2.07. The van der Waals surface area contributed by atoms with Gasteiger partial charge in [0, 0.05) is 15.8 Å². The zero-order valence-electron chi connectivity index (χ0n) is 18.0. The van der Waals surface area contributed by atoms with Gasteiger partial charge >= 0.3 is 0 Å². The molecule has 2 heteroatoms. The van der Waals surface area contributed by atoms with E-state index in [1.165, 1.54) is 67.2 Å². The first-order chi connectivity index (χ1) is 14.3. The monoisotopic (exact) mass is 406 g/mol. The van der Waals surface area contributed by atoms with E-state index >= 15 is 0 Å². The van der Waals surface area contributed by atoms with E-state index in [2.05, 4.69) is 74.5 Å². The number of rotatable bonds is 12. The van der Waals surface area contributed by atoms with Crippen molar-refractivity contribution in [3.05, 3.63) is 66.2 Å². The Morgan fingerprint density at radius 1 is 0.828 bits per heavy atom. The van der Waals surface area contributed by atoms with Crippen LogP contribution in [0.1, 0.15) is 64.4 Å². The molecule has 0 spiro atoms. The lowest BCUT2D eigenvalue weighted by Crippen LogP contribution is -1.85. The van der Waals surface area contributed by atoms with E-state index in [9.17, 15) is 0 Å². The minimum absolute atomic E-state index is 0.961. The zero-order chi connectivity index (χ0) is 20.3. The lowest BCUT2D eigenvalue weighted by Gasteiger charge is -2.02. The number of fused-ring (bicyclic) bond motifs is 1. The van der Waals surface area contributed by atoms with Crippen LogP contribution in [0.5, 0.6) is 0 Å². The molecule has 0 saturated heterocycles. The SMILES string of the molecule is CCC/C=C/CCCSc1ccc2cc(-c3ccc(CCCCC)cc3)oc2c1. The van der Waals surface area contributed by atoms with E-state index in [1.54, 1.807) is 0 Å². The van der Waals surface area contributed by atoms with Gasteiger partial charge in [0.15, 0.2) is 0 Å². The Kier molecular flexibility index (Phi) is 8.95. The Labute approximate surface area is 180 Å². The lowest BCUT2D eigenvalue weighted by molar-refractivity contribution is 0.630. The molecular formula is C27H34OS. The Bertz CT molecular complexity index is 889. The van der Waals surface area contributed by atoms with Crippen LogP contribution in [-0.2, 0) is 6.42 Å². The van der Waals surface area contributed by atoms with Crippen LogP contribution in [0.15, 0.2) is 70.0 Å². The smallest absolute Gasteiger partial charge is 0.135 e. The van der Waals surface area contributed by atoms with Crippen LogP contribution >= 0.6 is 11.8 Å². The van der Waals surface area contributed by atoms with Gasteiger partial charge < -0.3 is 4.42 Å². The average molecular weight is 407 g/mol. The molecule has 0 N–H and O–H groups in total. The van der Waals surface area contributed by atoms with E-state index in [1.807, 2.05) is 11.8 Å². The van der Waals surface area contributed by atoms with Gasteiger partial charge in [0.25, 0.3) is 0 Å². The maximum atomic E-state index is 6.18. The molecule has 0 atom stereocenters. The molecule has 0 saturated carbocycles. The summed E-state index contributed by atoms with van der Waals surface area (Å²) >= 11 is 1.92. The fourth-order valence-corrected chi connectivity index (χ4v) is 4.35. The fraction of sp³-hybridized carbons (Fsp3) is 0.407. The van der Waals surface area contributed by atoms with Gasteiger partial charge in [-0.2, -0.15) is 0 Å². The van der Waals surface area contributed by atoms with Crippen LogP contribution < -0.4 is 0 Å². The number of aryl methyl sites for hydroxylation is 1. The molecule has 0 aliphatic heterocycles. The van der Waals surface area contributed by atoms with Gasteiger partial charge in [-0.25, -0.2) is 0 Å². The summed E-state index contributed by atoms with van der Waals surface area (Å²) in [5, 5.41) is 1.18. The Morgan fingerprint density at radius 2 is 1.66 bits per heavy atom. The Balaban J connectivity index is 1.57. The van der Waals surface area contributed by atoms with Crippen molar-refractivity contribution in [1.29, 1.82) is 0 Å². The van der Waals surface area contributed by atoms with Crippen molar-refractivity contribution >= 4 is 22.7 Å². The second-order valence-electron chi connectivity index (χ2n) is 7.72. The van der Waals surface area contributed by atoms with Crippen LogP contribution in [0.2, 0.25) is 0 Å². The summed E-state index contributed by atoms with van der Waals surface area (Å²) in [6.07, 6.45) is 14.5. The van der Waals surface area contributed by atoms with Crippen molar-refractivity contribution in [3.63, 3.8) is 0 Å². The van der Waals surface area contributed by atoms with Gasteiger partial charge in [-0.3, -0.25) is 0 Å². The molecule has 0 bridgehead atoms. The quantitative estimate of drug-likeness (QED) is 0.169. The standard InChI is InChI=1S/C27H34OS/c1-3-5-7-8-9-11-19-29-25-18-17-24-20-26(28-27(24)21-25)23-15-13-22(14-16-23)12-10-6-4-2/h7-8,13-18,20-21H,3-6,9-12,19H2,1-2H3/b8-7+. The van der Waals surface area contributed by atoms with Crippen molar-refractivity contribution in [2.45, 2.75) is 70.1 Å². The molecular weight excluding hydrogens is 372 g/mol. The molecule has 2 aromatic carbocycles. The third-order valence-corrected chi connectivity index (χ3v) is 6.28. The third-order valence-electron chi connectivity index (χ3n) is 5.20. The first kappa shape index (κ1) is 21.8. The minimum atomic E-state index is 0.961. The molecule has 154 valence electrons. The molecule has 0 aliphatic carbocycles. The summed E-state index contributed by atoms with van der Waals surface area (Å²) < 4.78 is 6.18. The van der Waals surface area contributed by atoms with Crippen LogP contribution in [0.25, 0.3) is 22.3 Å². The largest absolute Gasteiger partial charge is 0.456 e. The van der Waals surface area contributed by atoms with Gasteiger partial charge in [-0.1, -0.05) is 69.5 Å². The van der Waals surface area contributed by atoms with Crippen molar-refractivity contribution in [2.75, 3.05) is 5.75 Å². The summed E-state index contributed by atoms with van der Waals surface area (Å²) in [6.45, 7) is 4.47. The fourth-order valence-electron chi connectivity index (χ4n) is 3.45. The van der Waals surface area contributed by atoms with Crippen molar-refractivity contribution in [2.24, 2.45) is 0 Å². The Morgan fingerprint density at radius 3 is 2.45 bits per heavy atom. The van der Waals surface area contributed by atoms with Crippen molar-refractivity contribution < 1.29 is 4.42 Å². The van der Waals surface area contributed by atoms with Crippen LogP contribution in [0.3, 0.4) is 0 Å². The normalized spacial score (nSPS) is 11.7. The van der Waals surface area contributed by atoms with E-state index in [4.69, 9.17) is 4.42 Å². The topological polar surface area (TPSA) is 13.1 Å². The predicted octanol–water partition coefficient (Wildman–Crippen LogP) is 9.06. The number of unbranched alkanes of at least 4 members (excludes halogenated alkanes) is 4. The first-order valence-corrected chi connectivity index (χ1v) is 12.2. The Hall–Kier alpha value is -1.93. The summed E-state index contributed by atoms with van der Waals surface area (Å²) in [7, 11) is 0. The zero-order valence-corrected chi connectivity index (χ0v) is 18.8. The van der Waals surface area contributed by atoms with E-state index in [-0.39, 0.29) is 0 Å². The van der Waals surface area contributed by atoms with Gasteiger partial charge in [-0.05, 0) is 67.7 Å². The summed E-state index contributed by atoms with van der Waals surface area (Å²) in [5.74, 6) is 2.11. The number of furan rings is 1. The van der Waals surface area contributed by atoms with Gasteiger partial charge in [0.05, 0.1) is 0 Å². The number of hydrogen-bond acceptors (Lipinski definition) is 2. The van der Waals surface area contributed by atoms with Crippen LogP contribution in [0, 0.1) is 0 Å². The predicted molar refractivity (Wildman–Crippen MR) is 129 cm³/mol. The molecule has 29 heavy (non-hydrogen) atoms. The average Bonchev–Trinajstić information content (AvgIpc) is 3.17. The second kappa shape index (κ2) is 11.9. The molecule has 0 amide bonds. The van der Waals surface area contributed by atoms with E-state index in [0.29, 0.717) is 0 Å². The minimum Gasteiger partial charge on any atom is -0.456 e. The van der Waals surface area contributed by atoms with E-state index < -0.39 is 0 Å². The molecule has 3 rings (SSSR count). The van der Waals surface area contributed by atoms with Gasteiger partial charge in [-0.15, -0.1) is 11.8 Å². The number of benzene rings is 2. The first-order valence-electron chi connectivity index (χ1n) is 11.2. The van der Waals surface area contributed by atoms with Crippen LogP contribution in [-0.4, -0.2) is 5.75 Å². The maximum Gasteiger partial charge on any atom is 0.135 e. The van der Waals surface area contributed by atoms with Gasteiger partial charge in [0.1, 0.15) is 11.3 Å². The molecule has 1 nitrogen and oxygen atoms in total. The molecule has 0 unspecified atom stereocenters. The molecule has 0 fully saturated rings. The summed E-state index contributed by atoms with van der Waals surface area (Å²) in [5.41, 5.74) is 3.56.